The Bertz CT molecular complexity index is 533. The number of likely N-dealkylation sites (N-methyl/N-ethyl adjacent to an activating group) is 1. The van der Waals surface area contributed by atoms with Gasteiger partial charge in [-0.15, -0.1) is 0 Å². The SMILES string of the molecule is CCCC(NC(=O)N1CCN(C)c2ccccc21)C(=O)O. The van der Waals surface area contributed by atoms with Gasteiger partial charge in [0, 0.05) is 20.1 Å². The van der Waals surface area contributed by atoms with Crippen LogP contribution < -0.4 is 15.1 Å². The Hall–Kier alpha value is -2.24. The zero-order chi connectivity index (χ0) is 15.4. The van der Waals surface area contributed by atoms with E-state index >= 15 is 0 Å². The summed E-state index contributed by atoms with van der Waals surface area (Å²) >= 11 is 0. The average molecular weight is 291 g/mol. The van der Waals surface area contributed by atoms with Crippen LogP contribution in [0.2, 0.25) is 0 Å². The first kappa shape index (κ1) is 15.2. The van der Waals surface area contributed by atoms with Gasteiger partial charge in [-0.1, -0.05) is 25.5 Å². The molecule has 1 unspecified atom stereocenters. The lowest BCUT2D eigenvalue weighted by Gasteiger charge is -2.36. The summed E-state index contributed by atoms with van der Waals surface area (Å²) in [5, 5.41) is 11.8. The van der Waals surface area contributed by atoms with E-state index in [-0.39, 0.29) is 6.03 Å². The third-order valence-electron chi connectivity index (χ3n) is 3.66. The third kappa shape index (κ3) is 3.26. The fraction of sp³-hybridized carbons (Fsp3) is 0.467. The number of carboxylic acid groups (broad SMARTS) is 1. The highest BCUT2D eigenvalue weighted by Crippen LogP contribution is 2.31. The number of fused-ring (bicyclic) bond motifs is 1. The molecule has 114 valence electrons. The van der Waals surface area contributed by atoms with E-state index in [4.69, 9.17) is 5.11 Å². The Morgan fingerprint density at radius 3 is 2.57 bits per heavy atom. The largest absolute Gasteiger partial charge is 0.480 e. The van der Waals surface area contributed by atoms with Crippen molar-refractivity contribution >= 4 is 23.4 Å². The fourth-order valence-electron chi connectivity index (χ4n) is 2.49. The van der Waals surface area contributed by atoms with Crippen LogP contribution in [0.5, 0.6) is 0 Å². The van der Waals surface area contributed by atoms with E-state index in [2.05, 4.69) is 10.2 Å². The maximum Gasteiger partial charge on any atom is 0.326 e. The predicted octanol–water partition coefficient (Wildman–Crippen LogP) is 1.91. The van der Waals surface area contributed by atoms with Gasteiger partial charge in [0.05, 0.1) is 11.4 Å². The number of hydrogen-bond donors (Lipinski definition) is 2. The minimum Gasteiger partial charge on any atom is -0.480 e. The number of carbonyl (C=O) groups is 2. The van der Waals surface area contributed by atoms with Crippen molar-refractivity contribution in [3.8, 4) is 0 Å². The quantitative estimate of drug-likeness (QED) is 0.888. The first-order chi connectivity index (χ1) is 10.0. The molecule has 0 saturated heterocycles. The Balaban J connectivity index is 2.17. The van der Waals surface area contributed by atoms with Crippen molar-refractivity contribution in [3.63, 3.8) is 0 Å². The number of carboxylic acids is 1. The molecular weight excluding hydrogens is 270 g/mol. The number of nitrogens with zero attached hydrogens (tertiary/aromatic N) is 2. The molecule has 0 aromatic heterocycles. The molecule has 1 atom stereocenters. The molecule has 0 aliphatic carbocycles. The fourth-order valence-corrected chi connectivity index (χ4v) is 2.49. The number of hydrogen-bond acceptors (Lipinski definition) is 3. The Morgan fingerprint density at radius 1 is 1.29 bits per heavy atom. The first-order valence-electron chi connectivity index (χ1n) is 7.15. The maximum absolute atomic E-state index is 12.4. The Labute approximate surface area is 124 Å². The molecule has 2 rings (SSSR count). The predicted molar refractivity (Wildman–Crippen MR) is 81.9 cm³/mol. The molecule has 2 N–H and O–H groups in total. The number of benzene rings is 1. The van der Waals surface area contributed by atoms with Crippen molar-refractivity contribution in [1.82, 2.24) is 5.32 Å². The van der Waals surface area contributed by atoms with Gasteiger partial charge in [0.25, 0.3) is 0 Å². The van der Waals surface area contributed by atoms with Crippen LogP contribution in [0, 0.1) is 0 Å². The monoisotopic (exact) mass is 291 g/mol. The number of rotatable bonds is 4. The average Bonchev–Trinajstić information content (AvgIpc) is 2.47. The van der Waals surface area contributed by atoms with Gasteiger partial charge >= 0.3 is 12.0 Å². The highest BCUT2D eigenvalue weighted by molar-refractivity contribution is 5.98. The molecule has 1 aliphatic rings. The van der Waals surface area contributed by atoms with Gasteiger partial charge < -0.3 is 15.3 Å². The summed E-state index contributed by atoms with van der Waals surface area (Å²) in [4.78, 5) is 27.2. The lowest BCUT2D eigenvalue weighted by atomic mass is 10.1. The summed E-state index contributed by atoms with van der Waals surface area (Å²) in [6, 6.07) is 6.44. The summed E-state index contributed by atoms with van der Waals surface area (Å²) in [6.07, 6.45) is 1.13. The molecule has 0 fully saturated rings. The summed E-state index contributed by atoms with van der Waals surface area (Å²) < 4.78 is 0. The van der Waals surface area contributed by atoms with Gasteiger partial charge in [-0.3, -0.25) is 4.90 Å². The molecule has 21 heavy (non-hydrogen) atoms. The number of nitrogens with one attached hydrogen (secondary N) is 1. The normalized spacial score (nSPS) is 15.3. The third-order valence-corrected chi connectivity index (χ3v) is 3.66. The van der Waals surface area contributed by atoms with Crippen molar-refractivity contribution in [2.24, 2.45) is 0 Å². The standard InChI is InChI=1S/C15H21N3O3/c1-3-6-11(14(19)20)16-15(21)18-10-9-17(2)12-7-4-5-8-13(12)18/h4-5,7-8,11H,3,6,9-10H2,1-2H3,(H,16,21)(H,19,20). The van der Waals surface area contributed by atoms with Crippen molar-refractivity contribution < 1.29 is 14.7 Å². The van der Waals surface area contributed by atoms with Crippen molar-refractivity contribution in [1.29, 1.82) is 0 Å². The van der Waals surface area contributed by atoms with E-state index in [0.717, 1.165) is 17.9 Å². The maximum atomic E-state index is 12.4. The van der Waals surface area contributed by atoms with Crippen LogP contribution in [0.25, 0.3) is 0 Å². The number of carbonyl (C=O) groups excluding carboxylic acids is 1. The number of para-hydroxylation sites is 2. The zero-order valence-corrected chi connectivity index (χ0v) is 12.4. The molecule has 0 bridgehead atoms. The van der Waals surface area contributed by atoms with Crippen LogP contribution in [0.3, 0.4) is 0 Å². The van der Waals surface area contributed by atoms with E-state index in [9.17, 15) is 9.59 Å². The van der Waals surface area contributed by atoms with E-state index in [1.807, 2.05) is 38.2 Å². The topological polar surface area (TPSA) is 72.9 Å². The van der Waals surface area contributed by atoms with Crippen LogP contribution in [0.15, 0.2) is 24.3 Å². The summed E-state index contributed by atoms with van der Waals surface area (Å²) in [7, 11) is 1.98. The number of urea groups is 1. The molecule has 1 aromatic carbocycles. The van der Waals surface area contributed by atoms with Crippen LogP contribution in [0.1, 0.15) is 19.8 Å². The number of anilines is 2. The summed E-state index contributed by atoms with van der Waals surface area (Å²) in [5.41, 5.74) is 1.78. The van der Waals surface area contributed by atoms with E-state index in [1.165, 1.54) is 0 Å². The Morgan fingerprint density at radius 2 is 1.95 bits per heavy atom. The molecule has 2 amide bonds. The second kappa shape index (κ2) is 6.47. The lowest BCUT2D eigenvalue weighted by Crippen LogP contribution is -2.51. The lowest BCUT2D eigenvalue weighted by molar-refractivity contribution is -0.139. The summed E-state index contributed by atoms with van der Waals surface area (Å²) in [6.45, 7) is 3.15. The molecule has 0 radical (unpaired) electrons. The van der Waals surface area contributed by atoms with Crippen molar-refractivity contribution in [3.05, 3.63) is 24.3 Å². The number of amides is 2. The highest BCUT2D eigenvalue weighted by Gasteiger charge is 2.27. The second-order valence-corrected chi connectivity index (χ2v) is 5.19. The van der Waals surface area contributed by atoms with Gasteiger partial charge in [0.2, 0.25) is 0 Å². The molecule has 6 nitrogen and oxygen atoms in total. The van der Waals surface area contributed by atoms with E-state index < -0.39 is 12.0 Å². The summed E-state index contributed by atoms with van der Waals surface area (Å²) in [5.74, 6) is -0.993. The van der Waals surface area contributed by atoms with Crippen molar-refractivity contribution in [2.45, 2.75) is 25.8 Å². The van der Waals surface area contributed by atoms with Crippen LogP contribution in [0.4, 0.5) is 16.2 Å². The highest BCUT2D eigenvalue weighted by atomic mass is 16.4. The van der Waals surface area contributed by atoms with E-state index in [0.29, 0.717) is 19.4 Å². The van der Waals surface area contributed by atoms with E-state index in [1.54, 1.807) is 4.90 Å². The molecule has 1 aliphatic heterocycles. The Kier molecular flexibility index (Phi) is 4.67. The second-order valence-electron chi connectivity index (χ2n) is 5.19. The van der Waals surface area contributed by atoms with Gasteiger partial charge in [0.1, 0.15) is 6.04 Å². The molecule has 0 spiro atoms. The minimum atomic E-state index is -0.993. The van der Waals surface area contributed by atoms with Crippen LogP contribution in [-0.2, 0) is 4.79 Å². The van der Waals surface area contributed by atoms with Gasteiger partial charge in [-0.25, -0.2) is 9.59 Å². The van der Waals surface area contributed by atoms with Crippen LogP contribution >= 0.6 is 0 Å². The molecular formula is C15H21N3O3. The van der Waals surface area contributed by atoms with Gasteiger partial charge in [0.15, 0.2) is 0 Å². The molecule has 6 heteroatoms. The molecule has 1 aromatic rings. The van der Waals surface area contributed by atoms with Crippen molar-refractivity contribution in [2.75, 3.05) is 29.9 Å². The zero-order valence-electron chi connectivity index (χ0n) is 12.4. The molecule has 0 saturated carbocycles. The first-order valence-corrected chi connectivity index (χ1v) is 7.15. The smallest absolute Gasteiger partial charge is 0.326 e. The van der Waals surface area contributed by atoms with Crippen LogP contribution in [-0.4, -0.2) is 43.3 Å². The number of aliphatic carboxylic acids is 1. The molecule has 1 heterocycles. The van der Waals surface area contributed by atoms with Gasteiger partial charge in [-0.2, -0.15) is 0 Å². The minimum absolute atomic E-state index is 0.351. The van der Waals surface area contributed by atoms with Gasteiger partial charge in [-0.05, 0) is 18.6 Å².